The number of carbonyl (C=O) groups excluding carboxylic acids is 4. The highest BCUT2D eigenvalue weighted by Gasteiger charge is 2.31. The molecular formula is C21H28N2O6. The van der Waals surface area contributed by atoms with Gasteiger partial charge in [0.25, 0.3) is 11.8 Å². The fourth-order valence-corrected chi connectivity index (χ4v) is 2.76. The zero-order valence-electron chi connectivity index (χ0n) is 17.5. The summed E-state index contributed by atoms with van der Waals surface area (Å²) in [5.41, 5.74) is 1.48. The lowest BCUT2D eigenvalue weighted by molar-refractivity contribution is -0.153. The number of hydrogen-bond acceptors (Lipinski definition) is 6. The van der Waals surface area contributed by atoms with Crippen LogP contribution in [-0.2, 0) is 24.5 Å². The largest absolute Gasteiger partial charge is 0.454 e. The molecule has 1 aliphatic rings. The molecule has 1 atom stereocenters. The number of amides is 3. The van der Waals surface area contributed by atoms with E-state index in [1.165, 1.54) is 0 Å². The van der Waals surface area contributed by atoms with Gasteiger partial charge in [0.05, 0.1) is 6.54 Å². The molecule has 1 aromatic rings. The second-order valence-electron chi connectivity index (χ2n) is 8.29. The Morgan fingerprint density at radius 1 is 1.17 bits per heavy atom. The van der Waals surface area contributed by atoms with Crippen molar-refractivity contribution in [3.8, 4) is 0 Å². The molecule has 3 amide bonds. The van der Waals surface area contributed by atoms with E-state index in [9.17, 15) is 19.2 Å². The van der Waals surface area contributed by atoms with E-state index in [0.29, 0.717) is 5.56 Å². The molecule has 8 nitrogen and oxygen atoms in total. The molecule has 0 aromatic heterocycles. The summed E-state index contributed by atoms with van der Waals surface area (Å²) in [4.78, 5) is 49.2. The summed E-state index contributed by atoms with van der Waals surface area (Å²) in [6.45, 7) is 9.42. The van der Waals surface area contributed by atoms with Crippen LogP contribution in [0.5, 0.6) is 0 Å². The molecule has 8 heteroatoms. The van der Waals surface area contributed by atoms with Gasteiger partial charge in [-0.2, -0.15) is 0 Å². The van der Waals surface area contributed by atoms with Crippen molar-refractivity contribution in [2.75, 3.05) is 19.8 Å². The van der Waals surface area contributed by atoms with E-state index in [4.69, 9.17) is 4.74 Å². The molecule has 2 rings (SSSR count). The number of rotatable bonds is 6. The molecule has 158 valence electrons. The molecule has 1 aromatic carbocycles. The minimum Gasteiger partial charge on any atom is -0.454 e. The maximum absolute atomic E-state index is 12.6. The fourth-order valence-electron chi connectivity index (χ4n) is 2.76. The number of cyclic esters (lactones) is 1. The maximum Gasteiger partial charge on any atom is 0.416 e. The Morgan fingerprint density at radius 3 is 2.28 bits per heavy atom. The quantitative estimate of drug-likeness (QED) is 0.730. The maximum atomic E-state index is 12.6. The van der Waals surface area contributed by atoms with E-state index in [1.807, 2.05) is 12.1 Å². The molecule has 0 radical (unpaired) electrons. The van der Waals surface area contributed by atoms with Gasteiger partial charge in [0.1, 0.15) is 12.6 Å². The number of nitrogens with one attached hydrogen (secondary N) is 1. The van der Waals surface area contributed by atoms with E-state index in [-0.39, 0.29) is 24.5 Å². The molecular weight excluding hydrogens is 376 g/mol. The third kappa shape index (κ3) is 5.79. The van der Waals surface area contributed by atoms with Crippen molar-refractivity contribution in [3.05, 3.63) is 35.4 Å². The van der Waals surface area contributed by atoms with Crippen molar-refractivity contribution in [3.63, 3.8) is 0 Å². The first kappa shape index (κ1) is 22.4. The van der Waals surface area contributed by atoms with Gasteiger partial charge in [-0.3, -0.25) is 9.59 Å². The third-order valence-electron chi connectivity index (χ3n) is 4.62. The first-order valence-electron chi connectivity index (χ1n) is 9.56. The molecule has 1 aliphatic heterocycles. The van der Waals surface area contributed by atoms with Crippen LogP contribution in [0.2, 0.25) is 0 Å². The highest BCUT2D eigenvalue weighted by molar-refractivity contribution is 5.97. The van der Waals surface area contributed by atoms with Crippen LogP contribution in [0.1, 0.15) is 50.5 Å². The molecule has 1 fully saturated rings. The summed E-state index contributed by atoms with van der Waals surface area (Å²) in [6.07, 6.45) is -0.751. The minimum absolute atomic E-state index is 0.0341. The molecule has 1 saturated heterocycles. The SMILES string of the molecule is CC(C)[C@H](NC(=O)c1ccc(C(C)(C)C)cc1)C(=O)OCC(=O)N1CCOC1=O. The van der Waals surface area contributed by atoms with Crippen LogP contribution in [0.4, 0.5) is 4.79 Å². The first-order chi connectivity index (χ1) is 13.5. The second kappa shape index (κ2) is 9.07. The Hall–Kier alpha value is -2.90. The van der Waals surface area contributed by atoms with Crippen LogP contribution in [0.3, 0.4) is 0 Å². The zero-order valence-corrected chi connectivity index (χ0v) is 17.5. The number of esters is 1. The van der Waals surface area contributed by atoms with Gasteiger partial charge in [0, 0.05) is 5.56 Å². The van der Waals surface area contributed by atoms with Crippen LogP contribution < -0.4 is 5.32 Å². The van der Waals surface area contributed by atoms with Gasteiger partial charge < -0.3 is 14.8 Å². The predicted octanol–water partition coefficient (Wildman–Crippen LogP) is 2.26. The summed E-state index contributed by atoms with van der Waals surface area (Å²) in [6, 6.07) is 6.25. The Bertz CT molecular complexity index is 779. The Labute approximate surface area is 170 Å². The van der Waals surface area contributed by atoms with Gasteiger partial charge >= 0.3 is 12.1 Å². The molecule has 1 N–H and O–H groups in total. The van der Waals surface area contributed by atoms with Crippen LogP contribution in [0.25, 0.3) is 0 Å². The number of hydrogen-bond donors (Lipinski definition) is 1. The number of carbonyl (C=O) groups is 4. The summed E-state index contributed by atoms with van der Waals surface area (Å²) in [5, 5.41) is 2.66. The highest BCUT2D eigenvalue weighted by Crippen LogP contribution is 2.22. The van der Waals surface area contributed by atoms with Crippen molar-refractivity contribution < 1.29 is 28.7 Å². The molecule has 0 unspecified atom stereocenters. The number of benzene rings is 1. The Morgan fingerprint density at radius 2 is 1.79 bits per heavy atom. The zero-order chi connectivity index (χ0) is 21.8. The van der Waals surface area contributed by atoms with Crippen molar-refractivity contribution in [1.82, 2.24) is 10.2 Å². The molecule has 1 heterocycles. The summed E-state index contributed by atoms with van der Waals surface area (Å²) >= 11 is 0. The predicted molar refractivity (Wildman–Crippen MR) is 105 cm³/mol. The second-order valence-corrected chi connectivity index (χ2v) is 8.29. The van der Waals surface area contributed by atoms with Crippen molar-refractivity contribution >= 4 is 23.9 Å². The normalized spacial score (nSPS) is 15.1. The summed E-state index contributed by atoms with van der Waals surface area (Å²) < 4.78 is 9.71. The molecule has 0 bridgehead atoms. The van der Waals surface area contributed by atoms with Crippen molar-refractivity contribution in [2.24, 2.45) is 5.92 Å². The Kier molecular flexibility index (Phi) is 7.00. The van der Waals surface area contributed by atoms with E-state index in [1.54, 1.807) is 26.0 Å². The van der Waals surface area contributed by atoms with Gasteiger partial charge in [-0.15, -0.1) is 0 Å². The van der Waals surface area contributed by atoms with Crippen molar-refractivity contribution in [2.45, 2.75) is 46.1 Å². The number of ether oxygens (including phenoxy) is 2. The topological polar surface area (TPSA) is 102 Å². The standard InChI is InChI=1S/C21H28N2O6/c1-13(2)17(19(26)29-12-16(24)23-10-11-28-20(23)27)22-18(25)14-6-8-15(9-7-14)21(3,4)5/h6-9,13,17H,10-12H2,1-5H3,(H,22,25)/t17-/m0/s1. The molecule has 0 saturated carbocycles. The number of nitrogens with zero attached hydrogens (tertiary/aromatic N) is 1. The molecule has 0 spiro atoms. The average Bonchev–Trinajstić information content (AvgIpc) is 3.08. The van der Waals surface area contributed by atoms with Crippen LogP contribution in [0.15, 0.2) is 24.3 Å². The fraction of sp³-hybridized carbons (Fsp3) is 0.524. The van der Waals surface area contributed by atoms with Crippen LogP contribution in [-0.4, -0.2) is 54.6 Å². The van der Waals surface area contributed by atoms with Crippen LogP contribution >= 0.6 is 0 Å². The lowest BCUT2D eigenvalue weighted by Gasteiger charge is -2.22. The van der Waals surface area contributed by atoms with E-state index in [2.05, 4.69) is 30.8 Å². The average molecular weight is 404 g/mol. The minimum atomic E-state index is -0.928. The first-order valence-corrected chi connectivity index (χ1v) is 9.56. The number of imide groups is 1. The van der Waals surface area contributed by atoms with Crippen LogP contribution in [0, 0.1) is 5.92 Å². The van der Waals surface area contributed by atoms with Gasteiger partial charge in [-0.05, 0) is 29.0 Å². The summed E-state index contributed by atoms with van der Waals surface area (Å²) in [5.74, 6) is -2.06. The van der Waals surface area contributed by atoms with Gasteiger partial charge in [0.2, 0.25) is 0 Å². The lowest BCUT2D eigenvalue weighted by atomic mass is 9.86. The Balaban J connectivity index is 1.97. The monoisotopic (exact) mass is 404 g/mol. The van der Waals surface area contributed by atoms with E-state index in [0.717, 1.165) is 10.5 Å². The summed E-state index contributed by atoms with van der Waals surface area (Å²) in [7, 11) is 0. The molecule has 0 aliphatic carbocycles. The molecule has 29 heavy (non-hydrogen) atoms. The van der Waals surface area contributed by atoms with Gasteiger partial charge in [0.15, 0.2) is 6.61 Å². The van der Waals surface area contributed by atoms with E-state index < -0.39 is 36.5 Å². The lowest BCUT2D eigenvalue weighted by Crippen LogP contribution is -2.46. The van der Waals surface area contributed by atoms with Gasteiger partial charge in [-0.1, -0.05) is 46.8 Å². The van der Waals surface area contributed by atoms with Gasteiger partial charge in [-0.25, -0.2) is 14.5 Å². The highest BCUT2D eigenvalue weighted by atomic mass is 16.6. The smallest absolute Gasteiger partial charge is 0.416 e. The third-order valence-corrected chi connectivity index (χ3v) is 4.62. The van der Waals surface area contributed by atoms with E-state index >= 15 is 0 Å². The van der Waals surface area contributed by atoms with Crippen molar-refractivity contribution in [1.29, 1.82) is 0 Å².